The molecule has 1 unspecified atom stereocenters. The second-order valence-corrected chi connectivity index (χ2v) is 15.6. The van der Waals surface area contributed by atoms with Crippen molar-refractivity contribution in [1.82, 2.24) is 0 Å². The van der Waals surface area contributed by atoms with Gasteiger partial charge in [0.25, 0.3) is 0 Å². The van der Waals surface area contributed by atoms with Crippen LogP contribution in [0.15, 0.2) is 72.9 Å². The molecule has 0 amide bonds. The molecule has 0 rings (SSSR count). The van der Waals surface area contributed by atoms with Gasteiger partial charge in [0.15, 0.2) is 6.10 Å². The molecular formula is C46H80NO8P. The van der Waals surface area contributed by atoms with Crippen molar-refractivity contribution in [1.29, 1.82) is 0 Å². The molecule has 3 N–H and O–H groups in total. The van der Waals surface area contributed by atoms with E-state index in [0.717, 1.165) is 57.8 Å². The van der Waals surface area contributed by atoms with Crippen LogP contribution in [0.2, 0.25) is 0 Å². The highest BCUT2D eigenvalue weighted by Crippen LogP contribution is 2.43. The van der Waals surface area contributed by atoms with Crippen molar-refractivity contribution in [2.75, 3.05) is 26.4 Å². The van der Waals surface area contributed by atoms with Crippen molar-refractivity contribution in [3.05, 3.63) is 72.9 Å². The van der Waals surface area contributed by atoms with Gasteiger partial charge in [0.05, 0.1) is 13.2 Å². The summed E-state index contributed by atoms with van der Waals surface area (Å²) in [5.74, 6) is -0.927. The lowest BCUT2D eigenvalue weighted by atomic mass is 10.0. The number of unbranched alkanes of at least 4 members (excludes halogenated alkanes) is 15. The van der Waals surface area contributed by atoms with Crippen LogP contribution in [0.3, 0.4) is 0 Å². The van der Waals surface area contributed by atoms with Gasteiger partial charge in [0, 0.05) is 19.4 Å². The second kappa shape index (κ2) is 42.1. The number of hydrogen-bond acceptors (Lipinski definition) is 8. The van der Waals surface area contributed by atoms with Crippen LogP contribution < -0.4 is 5.73 Å². The van der Waals surface area contributed by atoms with Crippen LogP contribution in [0.25, 0.3) is 0 Å². The Hall–Kier alpha value is -2.55. The number of allylic oxidation sites excluding steroid dienone is 12. The molecule has 0 aliphatic rings. The Morgan fingerprint density at radius 3 is 1.43 bits per heavy atom. The fraction of sp³-hybridized carbons (Fsp3) is 0.696. The van der Waals surface area contributed by atoms with Gasteiger partial charge in [-0.05, 0) is 51.4 Å². The number of phosphoric ester groups is 1. The molecule has 0 saturated heterocycles. The monoisotopic (exact) mass is 806 g/mol. The maximum absolute atomic E-state index is 12.6. The minimum atomic E-state index is -4.40. The van der Waals surface area contributed by atoms with E-state index in [0.29, 0.717) is 6.42 Å². The van der Waals surface area contributed by atoms with Crippen molar-refractivity contribution in [3.8, 4) is 0 Å². The number of carbonyl (C=O) groups is 2. The summed E-state index contributed by atoms with van der Waals surface area (Å²) in [6, 6.07) is 0. The average Bonchev–Trinajstić information content (AvgIpc) is 3.18. The topological polar surface area (TPSA) is 134 Å². The third kappa shape index (κ3) is 41.1. The number of carbonyl (C=O) groups excluding carboxylic acids is 2. The summed E-state index contributed by atoms with van der Waals surface area (Å²) in [4.78, 5) is 34.8. The molecule has 0 aromatic rings. The van der Waals surface area contributed by atoms with Gasteiger partial charge in [-0.15, -0.1) is 0 Å². The quantitative estimate of drug-likeness (QED) is 0.0268. The maximum Gasteiger partial charge on any atom is 0.472 e. The van der Waals surface area contributed by atoms with Crippen LogP contribution in [0.5, 0.6) is 0 Å². The van der Waals surface area contributed by atoms with Crippen LogP contribution in [-0.4, -0.2) is 49.3 Å². The van der Waals surface area contributed by atoms with E-state index in [4.69, 9.17) is 24.3 Å². The van der Waals surface area contributed by atoms with Crippen molar-refractivity contribution >= 4 is 19.8 Å². The highest BCUT2D eigenvalue weighted by Gasteiger charge is 2.25. The molecule has 0 aliphatic carbocycles. The number of phosphoric acid groups is 1. The number of ether oxygens (including phenoxy) is 2. The largest absolute Gasteiger partial charge is 0.472 e. The van der Waals surface area contributed by atoms with Gasteiger partial charge in [0.2, 0.25) is 0 Å². The van der Waals surface area contributed by atoms with Crippen LogP contribution in [0.4, 0.5) is 0 Å². The van der Waals surface area contributed by atoms with E-state index < -0.39 is 32.5 Å². The molecule has 2 atom stereocenters. The van der Waals surface area contributed by atoms with E-state index >= 15 is 0 Å². The molecule has 0 spiro atoms. The zero-order valence-corrected chi connectivity index (χ0v) is 36.2. The molecule has 0 fully saturated rings. The minimum Gasteiger partial charge on any atom is -0.462 e. The van der Waals surface area contributed by atoms with Crippen molar-refractivity contribution in [2.24, 2.45) is 5.73 Å². The highest BCUT2D eigenvalue weighted by atomic mass is 31.2. The van der Waals surface area contributed by atoms with Crippen LogP contribution in [0, 0.1) is 0 Å². The van der Waals surface area contributed by atoms with E-state index in [-0.39, 0.29) is 32.6 Å². The second-order valence-electron chi connectivity index (χ2n) is 14.2. The van der Waals surface area contributed by atoms with Gasteiger partial charge in [-0.2, -0.15) is 0 Å². The summed E-state index contributed by atoms with van der Waals surface area (Å²) in [6.07, 6.45) is 50.9. The summed E-state index contributed by atoms with van der Waals surface area (Å²) >= 11 is 0. The van der Waals surface area contributed by atoms with Crippen molar-refractivity contribution in [2.45, 2.75) is 180 Å². The molecule has 0 heterocycles. The van der Waals surface area contributed by atoms with Crippen LogP contribution in [-0.2, 0) is 32.7 Å². The first-order valence-corrected chi connectivity index (χ1v) is 23.4. The smallest absolute Gasteiger partial charge is 0.462 e. The first-order chi connectivity index (χ1) is 27.3. The van der Waals surface area contributed by atoms with Crippen LogP contribution >= 0.6 is 7.82 Å². The number of esters is 2. The zero-order chi connectivity index (χ0) is 41.1. The Morgan fingerprint density at radius 1 is 0.554 bits per heavy atom. The summed E-state index contributed by atoms with van der Waals surface area (Å²) in [5.41, 5.74) is 5.34. The first kappa shape index (κ1) is 53.5. The molecule has 56 heavy (non-hydrogen) atoms. The molecule has 9 nitrogen and oxygen atoms in total. The van der Waals surface area contributed by atoms with E-state index in [1.165, 1.54) is 83.5 Å². The van der Waals surface area contributed by atoms with Gasteiger partial charge in [-0.25, -0.2) is 4.57 Å². The van der Waals surface area contributed by atoms with Crippen molar-refractivity contribution in [3.63, 3.8) is 0 Å². The Kier molecular flexibility index (Phi) is 40.2. The molecule has 0 aliphatic heterocycles. The number of hydrogen-bond donors (Lipinski definition) is 2. The molecule has 0 radical (unpaired) electrons. The zero-order valence-electron chi connectivity index (χ0n) is 35.3. The SMILES string of the molecule is CC/C=C/C/C=C/C/C=C/C/C=C/C/C=C/C/C=C/CCC(=O)O[C@H](COC(=O)CCCCCCCCCCCCCCCCCC)COP(=O)(O)OCCN. The Morgan fingerprint density at radius 2 is 0.982 bits per heavy atom. The summed E-state index contributed by atoms with van der Waals surface area (Å²) < 4.78 is 32.7. The van der Waals surface area contributed by atoms with Gasteiger partial charge in [-0.1, -0.05) is 183 Å². The Balaban J connectivity index is 4.28. The summed E-state index contributed by atoms with van der Waals surface area (Å²) in [6.45, 7) is 3.53. The molecule has 0 aromatic heterocycles. The molecule has 0 aromatic carbocycles. The molecule has 322 valence electrons. The predicted octanol–water partition coefficient (Wildman–Crippen LogP) is 12.7. The lowest BCUT2D eigenvalue weighted by Crippen LogP contribution is -2.29. The Labute approximate surface area is 341 Å². The number of nitrogens with two attached hydrogens (primary N) is 1. The van der Waals surface area contributed by atoms with Gasteiger partial charge < -0.3 is 20.1 Å². The first-order valence-electron chi connectivity index (χ1n) is 21.9. The molecule has 0 bridgehead atoms. The van der Waals surface area contributed by atoms with E-state index in [1.807, 2.05) is 12.2 Å². The van der Waals surface area contributed by atoms with Crippen LogP contribution in [0.1, 0.15) is 174 Å². The maximum atomic E-state index is 12.6. The predicted molar refractivity (Wildman–Crippen MR) is 233 cm³/mol. The third-order valence-corrected chi connectivity index (χ3v) is 9.85. The molecule has 10 heteroatoms. The van der Waals surface area contributed by atoms with E-state index in [9.17, 15) is 19.0 Å². The molecule has 0 saturated carbocycles. The number of rotatable bonds is 40. The van der Waals surface area contributed by atoms with Gasteiger partial charge in [-0.3, -0.25) is 18.6 Å². The minimum absolute atomic E-state index is 0.0396. The normalized spacial score (nSPS) is 14.0. The fourth-order valence-electron chi connectivity index (χ4n) is 5.66. The average molecular weight is 806 g/mol. The Bertz CT molecular complexity index is 1150. The summed E-state index contributed by atoms with van der Waals surface area (Å²) in [7, 11) is -4.40. The summed E-state index contributed by atoms with van der Waals surface area (Å²) in [5, 5.41) is 0. The third-order valence-electron chi connectivity index (χ3n) is 8.87. The lowest BCUT2D eigenvalue weighted by molar-refractivity contribution is -0.161. The molecular weight excluding hydrogens is 725 g/mol. The van der Waals surface area contributed by atoms with E-state index in [1.54, 1.807) is 0 Å². The van der Waals surface area contributed by atoms with Gasteiger partial charge >= 0.3 is 19.8 Å². The fourth-order valence-corrected chi connectivity index (χ4v) is 6.43. The highest BCUT2D eigenvalue weighted by molar-refractivity contribution is 7.47. The standard InChI is InChI=1S/C46H80NO8P/c1-3-5-7-9-11-13-15-17-19-21-22-23-25-27-29-31-33-35-37-39-46(49)55-44(43-54-56(50,51)53-41-40-47)42-52-45(48)38-36-34-32-30-28-26-24-20-18-16-14-12-10-8-6-4-2/h5,7,11,13,17,19,22-23,27,29,33,35,44H,3-4,6,8-10,12,14-16,18,20-21,24-26,28,30-32,34,36-43,47H2,1-2H3,(H,50,51)/b7-5+,13-11+,19-17+,23-22+,29-27+,35-33+/t44-/m1/s1. The van der Waals surface area contributed by atoms with E-state index in [2.05, 4.69) is 74.6 Å². The lowest BCUT2D eigenvalue weighted by Gasteiger charge is -2.19. The van der Waals surface area contributed by atoms with Crippen molar-refractivity contribution < 1.29 is 37.6 Å². The van der Waals surface area contributed by atoms with Gasteiger partial charge in [0.1, 0.15) is 6.61 Å².